The zero-order chi connectivity index (χ0) is 12.6. The van der Waals surface area contributed by atoms with Crippen LogP contribution < -0.4 is 0 Å². The second kappa shape index (κ2) is 5.10. The molecule has 1 aromatic carbocycles. The molecular formula is C11H9Br2ClN2O. The number of aromatic nitrogens is 2. The van der Waals surface area contributed by atoms with E-state index in [-0.39, 0.29) is 0 Å². The zero-order valence-corrected chi connectivity index (χ0v) is 12.8. The predicted octanol–water partition coefficient (Wildman–Crippen LogP) is 3.68. The van der Waals surface area contributed by atoms with Gasteiger partial charge in [0.05, 0.1) is 16.9 Å². The summed E-state index contributed by atoms with van der Waals surface area (Å²) in [6.45, 7) is 0. The van der Waals surface area contributed by atoms with Crippen molar-refractivity contribution in [2.75, 3.05) is 0 Å². The van der Waals surface area contributed by atoms with E-state index in [9.17, 15) is 5.11 Å². The van der Waals surface area contributed by atoms with Gasteiger partial charge in [0.1, 0.15) is 6.10 Å². The Balaban J connectivity index is 2.47. The molecule has 3 nitrogen and oxygen atoms in total. The van der Waals surface area contributed by atoms with Crippen LogP contribution in [0.15, 0.2) is 33.3 Å². The Hall–Kier alpha value is -0.360. The van der Waals surface area contributed by atoms with Gasteiger partial charge in [0, 0.05) is 16.0 Å². The van der Waals surface area contributed by atoms with Crippen LogP contribution in [0.1, 0.15) is 17.4 Å². The van der Waals surface area contributed by atoms with Crippen LogP contribution in [0.4, 0.5) is 0 Å². The summed E-state index contributed by atoms with van der Waals surface area (Å²) in [6.07, 6.45) is 0.719. The van der Waals surface area contributed by atoms with E-state index in [1.807, 2.05) is 18.2 Å². The minimum atomic E-state index is -0.802. The molecule has 0 aliphatic carbocycles. The summed E-state index contributed by atoms with van der Waals surface area (Å²) < 4.78 is 3.35. The van der Waals surface area contributed by atoms with Crippen molar-refractivity contribution in [2.24, 2.45) is 7.05 Å². The van der Waals surface area contributed by atoms with Crippen molar-refractivity contribution in [2.45, 2.75) is 6.10 Å². The van der Waals surface area contributed by atoms with Gasteiger partial charge in [-0.05, 0) is 23.8 Å². The first kappa shape index (κ1) is 13.1. The number of halogens is 3. The maximum atomic E-state index is 10.3. The van der Waals surface area contributed by atoms with E-state index in [0.717, 1.165) is 14.5 Å². The molecule has 0 aliphatic heterocycles. The Bertz CT molecular complexity index is 517. The lowest BCUT2D eigenvalue weighted by molar-refractivity contribution is 0.209. The summed E-state index contributed by atoms with van der Waals surface area (Å²) in [5, 5.41) is 14.8. The lowest BCUT2D eigenvalue weighted by Crippen LogP contribution is -2.07. The molecule has 0 fully saturated rings. The first-order valence-corrected chi connectivity index (χ1v) is 6.77. The third-order valence-corrected chi connectivity index (χ3v) is 3.60. The van der Waals surface area contributed by atoms with Gasteiger partial charge in [0.25, 0.3) is 0 Å². The standard InChI is InChI=1S/C11H9Br2ClN2O/c1-16-10(9(14)5-15-16)11(17)6-2-7(12)4-8(13)3-6/h2-5,11,17H,1H3. The van der Waals surface area contributed by atoms with Gasteiger partial charge in [0.2, 0.25) is 0 Å². The topological polar surface area (TPSA) is 38.0 Å². The number of hydrogen-bond donors (Lipinski definition) is 1. The highest BCUT2D eigenvalue weighted by atomic mass is 79.9. The highest BCUT2D eigenvalue weighted by Gasteiger charge is 2.19. The lowest BCUT2D eigenvalue weighted by Gasteiger charge is -2.13. The van der Waals surface area contributed by atoms with Crippen molar-refractivity contribution in [3.63, 3.8) is 0 Å². The van der Waals surface area contributed by atoms with Crippen molar-refractivity contribution in [1.29, 1.82) is 0 Å². The number of aryl methyl sites for hydroxylation is 1. The molecule has 6 heteroatoms. The van der Waals surface area contributed by atoms with E-state index < -0.39 is 6.10 Å². The van der Waals surface area contributed by atoms with Gasteiger partial charge in [-0.3, -0.25) is 4.68 Å². The Labute approximate surface area is 121 Å². The maximum absolute atomic E-state index is 10.3. The van der Waals surface area contributed by atoms with E-state index in [0.29, 0.717) is 10.7 Å². The van der Waals surface area contributed by atoms with E-state index in [2.05, 4.69) is 37.0 Å². The molecule has 0 spiro atoms. The smallest absolute Gasteiger partial charge is 0.122 e. The molecular weight excluding hydrogens is 371 g/mol. The second-order valence-electron chi connectivity index (χ2n) is 3.61. The summed E-state index contributed by atoms with van der Waals surface area (Å²) in [4.78, 5) is 0. The van der Waals surface area contributed by atoms with E-state index in [1.54, 1.807) is 11.7 Å². The Morgan fingerprint density at radius 1 is 1.29 bits per heavy atom. The molecule has 1 heterocycles. The van der Waals surface area contributed by atoms with Gasteiger partial charge in [-0.25, -0.2) is 0 Å². The predicted molar refractivity (Wildman–Crippen MR) is 74.1 cm³/mol. The Kier molecular flexibility index (Phi) is 3.92. The molecule has 0 amide bonds. The molecule has 1 N–H and O–H groups in total. The van der Waals surface area contributed by atoms with Crippen LogP contribution in [0.2, 0.25) is 5.02 Å². The number of rotatable bonds is 2. The first-order chi connectivity index (χ1) is 7.99. The fourth-order valence-corrected chi connectivity index (χ4v) is 3.22. The highest BCUT2D eigenvalue weighted by molar-refractivity contribution is 9.11. The molecule has 0 saturated carbocycles. The van der Waals surface area contributed by atoms with Crippen LogP contribution in [0.3, 0.4) is 0 Å². The number of aliphatic hydroxyl groups excluding tert-OH is 1. The van der Waals surface area contributed by atoms with Gasteiger partial charge in [-0.15, -0.1) is 0 Å². The summed E-state index contributed by atoms with van der Waals surface area (Å²) in [5.41, 5.74) is 1.33. The maximum Gasteiger partial charge on any atom is 0.122 e. The lowest BCUT2D eigenvalue weighted by atomic mass is 10.1. The number of benzene rings is 1. The van der Waals surface area contributed by atoms with Gasteiger partial charge >= 0.3 is 0 Å². The Morgan fingerprint density at radius 2 is 1.88 bits per heavy atom. The number of aliphatic hydroxyl groups is 1. The molecule has 0 radical (unpaired) electrons. The highest BCUT2D eigenvalue weighted by Crippen LogP contribution is 2.31. The van der Waals surface area contributed by atoms with E-state index in [1.165, 1.54) is 6.20 Å². The van der Waals surface area contributed by atoms with E-state index >= 15 is 0 Å². The van der Waals surface area contributed by atoms with Crippen LogP contribution in [0.5, 0.6) is 0 Å². The second-order valence-corrected chi connectivity index (χ2v) is 5.85. The van der Waals surface area contributed by atoms with Crippen molar-refractivity contribution >= 4 is 43.5 Å². The van der Waals surface area contributed by atoms with Crippen LogP contribution in [-0.4, -0.2) is 14.9 Å². The molecule has 0 saturated heterocycles. The van der Waals surface area contributed by atoms with Gasteiger partial charge in [0.15, 0.2) is 0 Å². The molecule has 2 rings (SSSR count). The summed E-state index contributed by atoms with van der Waals surface area (Å²) in [7, 11) is 1.75. The fraction of sp³-hybridized carbons (Fsp3) is 0.182. The molecule has 1 aromatic heterocycles. The van der Waals surface area contributed by atoms with Crippen molar-refractivity contribution in [1.82, 2.24) is 9.78 Å². The minimum absolute atomic E-state index is 0.455. The third-order valence-electron chi connectivity index (χ3n) is 2.40. The van der Waals surface area contributed by atoms with Crippen LogP contribution >= 0.6 is 43.5 Å². The fourth-order valence-electron chi connectivity index (χ4n) is 1.62. The van der Waals surface area contributed by atoms with Crippen molar-refractivity contribution in [3.05, 3.63) is 49.6 Å². The molecule has 0 bridgehead atoms. The zero-order valence-electron chi connectivity index (χ0n) is 8.86. The quantitative estimate of drug-likeness (QED) is 0.863. The number of nitrogens with zero attached hydrogens (tertiary/aromatic N) is 2. The van der Waals surface area contributed by atoms with Crippen LogP contribution in [0, 0.1) is 0 Å². The van der Waals surface area contributed by atoms with Crippen molar-refractivity contribution < 1.29 is 5.11 Å². The normalized spacial score (nSPS) is 12.8. The van der Waals surface area contributed by atoms with E-state index in [4.69, 9.17) is 11.6 Å². The number of hydrogen-bond acceptors (Lipinski definition) is 2. The van der Waals surface area contributed by atoms with Crippen LogP contribution in [0.25, 0.3) is 0 Å². The first-order valence-electron chi connectivity index (χ1n) is 4.80. The van der Waals surface area contributed by atoms with Crippen LogP contribution in [-0.2, 0) is 7.05 Å². The largest absolute Gasteiger partial charge is 0.382 e. The van der Waals surface area contributed by atoms with Gasteiger partial charge < -0.3 is 5.11 Å². The van der Waals surface area contributed by atoms with Gasteiger partial charge in [-0.2, -0.15) is 5.10 Å². The molecule has 2 aromatic rings. The molecule has 0 aliphatic rings. The monoisotopic (exact) mass is 378 g/mol. The SMILES string of the molecule is Cn1ncc(Cl)c1C(O)c1cc(Br)cc(Br)c1. The molecule has 90 valence electrons. The average molecular weight is 380 g/mol. The average Bonchev–Trinajstić information content (AvgIpc) is 2.56. The summed E-state index contributed by atoms with van der Waals surface area (Å²) in [6, 6.07) is 5.60. The molecule has 1 unspecified atom stereocenters. The third kappa shape index (κ3) is 2.73. The summed E-state index contributed by atoms with van der Waals surface area (Å²) >= 11 is 12.8. The Morgan fingerprint density at radius 3 is 2.35 bits per heavy atom. The molecule has 17 heavy (non-hydrogen) atoms. The summed E-state index contributed by atoms with van der Waals surface area (Å²) in [5.74, 6) is 0. The molecule has 1 atom stereocenters. The minimum Gasteiger partial charge on any atom is -0.382 e. The van der Waals surface area contributed by atoms with Gasteiger partial charge in [-0.1, -0.05) is 43.5 Å². The van der Waals surface area contributed by atoms with Crippen molar-refractivity contribution in [3.8, 4) is 0 Å².